The number of aromatic nitrogens is 3. The molecular formula is C26H27N5O4. The van der Waals surface area contributed by atoms with Crippen LogP contribution in [0.5, 0.6) is 5.75 Å². The van der Waals surface area contributed by atoms with Crippen molar-refractivity contribution >= 4 is 24.0 Å². The summed E-state index contributed by atoms with van der Waals surface area (Å²) in [4.78, 5) is 27.4. The zero-order chi connectivity index (χ0) is 24.8. The summed E-state index contributed by atoms with van der Waals surface area (Å²) in [6, 6.07) is 10.3. The number of H-pyrrole nitrogens is 1. The lowest BCUT2D eigenvalue weighted by Crippen LogP contribution is -2.33. The third-order valence-corrected chi connectivity index (χ3v) is 5.66. The van der Waals surface area contributed by atoms with Gasteiger partial charge >= 0.3 is 6.09 Å². The van der Waals surface area contributed by atoms with Crippen LogP contribution < -0.4 is 10.6 Å². The van der Waals surface area contributed by atoms with Crippen LogP contribution in [0.3, 0.4) is 0 Å². The van der Waals surface area contributed by atoms with Crippen molar-refractivity contribution in [2.24, 2.45) is 0 Å². The maximum atomic E-state index is 11.9. The standard InChI is InChI=1S/C26H27N5O4/c1-16(2)28-26(34)35-20-9-8-19(13-20)22-14-25(31-30-22)29-24-12-17(10-11-27-24)6-7-18-4-3-5-23(33)21(18)15-32/h3-5,10-12,14-16,19-20,33H,8-9,13H2,1-2H3,(H,28,34)(H2,27,29,30,31)/t19-,20+/m0/s1. The van der Waals surface area contributed by atoms with Crippen LogP contribution in [0.25, 0.3) is 0 Å². The molecule has 0 unspecified atom stereocenters. The van der Waals surface area contributed by atoms with Crippen molar-refractivity contribution in [3.8, 4) is 17.6 Å². The fourth-order valence-electron chi connectivity index (χ4n) is 3.99. The number of carbonyl (C=O) groups is 2. The van der Waals surface area contributed by atoms with E-state index in [0.29, 0.717) is 29.0 Å². The van der Waals surface area contributed by atoms with E-state index in [0.717, 1.165) is 25.0 Å². The van der Waals surface area contributed by atoms with Gasteiger partial charge < -0.3 is 20.5 Å². The van der Waals surface area contributed by atoms with Gasteiger partial charge in [-0.15, -0.1) is 0 Å². The summed E-state index contributed by atoms with van der Waals surface area (Å²) in [5.74, 6) is 7.24. The number of benzene rings is 1. The minimum absolute atomic E-state index is 0.0413. The van der Waals surface area contributed by atoms with Gasteiger partial charge in [-0.1, -0.05) is 17.9 Å². The molecule has 2 atom stereocenters. The molecule has 0 radical (unpaired) electrons. The Morgan fingerprint density at radius 2 is 2.09 bits per heavy atom. The third-order valence-electron chi connectivity index (χ3n) is 5.66. The number of hydrogen-bond donors (Lipinski definition) is 4. The van der Waals surface area contributed by atoms with Gasteiger partial charge in [0.05, 0.1) is 5.56 Å². The van der Waals surface area contributed by atoms with E-state index in [4.69, 9.17) is 4.74 Å². The number of nitrogens with one attached hydrogen (secondary N) is 3. The van der Waals surface area contributed by atoms with Crippen LogP contribution in [0.2, 0.25) is 0 Å². The second-order valence-electron chi connectivity index (χ2n) is 8.71. The number of carbonyl (C=O) groups excluding carboxylic acids is 2. The van der Waals surface area contributed by atoms with Crippen LogP contribution in [-0.4, -0.2) is 44.8 Å². The molecular weight excluding hydrogens is 446 g/mol. The molecule has 1 fully saturated rings. The number of pyridine rings is 1. The number of ether oxygens (including phenoxy) is 1. The second-order valence-corrected chi connectivity index (χ2v) is 8.71. The molecule has 0 saturated heterocycles. The first-order chi connectivity index (χ1) is 16.9. The van der Waals surface area contributed by atoms with E-state index in [1.165, 1.54) is 6.07 Å². The summed E-state index contributed by atoms with van der Waals surface area (Å²) in [5, 5.41) is 23.1. The molecule has 2 aromatic heterocycles. The number of aromatic amines is 1. The maximum Gasteiger partial charge on any atom is 0.407 e. The molecule has 1 amide bonds. The van der Waals surface area contributed by atoms with E-state index < -0.39 is 0 Å². The van der Waals surface area contributed by atoms with Crippen LogP contribution in [0.15, 0.2) is 42.6 Å². The van der Waals surface area contributed by atoms with Crippen molar-refractivity contribution < 1.29 is 19.4 Å². The highest BCUT2D eigenvalue weighted by molar-refractivity contribution is 5.83. The first-order valence-corrected chi connectivity index (χ1v) is 11.5. The molecule has 9 nitrogen and oxygen atoms in total. The number of hydrogen-bond acceptors (Lipinski definition) is 7. The number of anilines is 2. The van der Waals surface area contributed by atoms with E-state index in [1.807, 2.05) is 19.9 Å². The van der Waals surface area contributed by atoms with Crippen LogP contribution in [0.1, 0.15) is 66.2 Å². The lowest BCUT2D eigenvalue weighted by atomic mass is 10.0. The number of nitrogens with zero attached hydrogens (tertiary/aromatic N) is 2. The van der Waals surface area contributed by atoms with Crippen LogP contribution in [0, 0.1) is 11.8 Å². The first kappa shape index (κ1) is 23.8. The normalized spacial score (nSPS) is 16.9. The Bertz CT molecular complexity index is 1270. The molecule has 2 heterocycles. The molecule has 4 rings (SSSR count). The van der Waals surface area contributed by atoms with Gasteiger partial charge in [0.15, 0.2) is 12.1 Å². The van der Waals surface area contributed by atoms with Gasteiger partial charge in [0, 0.05) is 41.0 Å². The van der Waals surface area contributed by atoms with Crippen molar-refractivity contribution in [1.82, 2.24) is 20.5 Å². The number of aromatic hydroxyl groups is 1. The SMILES string of the molecule is CC(C)NC(=O)O[C@@H]1CC[C@H](c2cc(Nc3cc(C#Cc4cccc(O)c4C=O)ccn3)n[nH]2)C1. The van der Waals surface area contributed by atoms with Crippen molar-refractivity contribution in [3.63, 3.8) is 0 Å². The van der Waals surface area contributed by atoms with Gasteiger partial charge in [0.25, 0.3) is 0 Å². The molecule has 1 aliphatic carbocycles. The summed E-state index contributed by atoms with van der Waals surface area (Å²) in [6.07, 6.45) is 4.19. The molecule has 3 aromatic rings. The highest BCUT2D eigenvalue weighted by Crippen LogP contribution is 2.36. The third kappa shape index (κ3) is 6.18. The average molecular weight is 474 g/mol. The predicted octanol–water partition coefficient (Wildman–Crippen LogP) is 4.24. The fourth-order valence-corrected chi connectivity index (χ4v) is 3.99. The van der Waals surface area contributed by atoms with Crippen LogP contribution in [0.4, 0.5) is 16.4 Å². The van der Waals surface area contributed by atoms with Gasteiger partial charge in [-0.05, 0) is 57.4 Å². The molecule has 35 heavy (non-hydrogen) atoms. The number of phenolic OH excluding ortho intramolecular Hbond substituents is 1. The zero-order valence-electron chi connectivity index (χ0n) is 19.5. The molecule has 4 N–H and O–H groups in total. The number of aldehydes is 1. The van der Waals surface area contributed by atoms with Gasteiger partial charge in [0.1, 0.15) is 17.7 Å². The molecule has 0 aliphatic heterocycles. The Hall–Kier alpha value is -4.32. The van der Waals surface area contributed by atoms with Gasteiger partial charge in [-0.3, -0.25) is 9.89 Å². The number of alkyl carbamates (subject to hydrolysis) is 1. The summed E-state index contributed by atoms with van der Waals surface area (Å²) in [5.41, 5.74) is 2.28. The lowest BCUT2D eigenvalue weighted by molar-refractivity contribution is 0.0981. The molecule has 1 saturated carbocycles. The van der Waals surface area contributed by atoms with E-state index in [2.05, 4.69) is 37.7 Å². The van der Waals surface area contributed by atoms with E-state index in [-0.39, 0.29) is 35.5 Å². The maximum absolute atomic E-state index is 11.9. The molecule has 1 aromatic carbocycles. The van der Waals surface area contributed by atoms with Crippen molar-refractivity contribution in [2.45, 2.75) is 51.2 Å². The minimum Gasteiger partial charge on any atom is -0.507 e. The predicted molar refractivity (Wildman–Crippen MR) is 131 cm³/mol. The fraction of sp³-hybridized carbons (Fsp3) is 0.308. The lowest BCUT2D eigenvalue weighted by Gasteiger charge is -2.14. The highest BCUT2D eigenvalue weighted by Gasteiger charge is 2.30. The van der Waals surface area contributed by atoms with Gasteiger partial charge in [0.2, 0.25) is 0 Å². The Balaban J connectivity index is 1.39. The topological polar surface area (TPSA) is 129 Å². The number of amides is 1. The number of phenols is 1. The van der Waals surface area contributed by atoms with Crippen molar-refractivity contribution in [1.29, 1.82) is 0 Å². The summed E-state index contributed by atoms with van der Waals surface area (Å²) < 4.78 is 5.51. The van der Waals surface area contributed by atoms with Crippen LogP contribution in [-0.2, 0) is 4.74 Å². The molecule has 0 spiro atoms. The Labute approximate surface area is 203 Å². The van der Waals surface area contributed by atoms with Gasteiger partial charge in [-0.2, -0.15) is 5.10 Å². The second kappa shape index (κ2) is 10.7. The zero-order valence-corrected chi connectivity index (χ0v) is 19.5. The molecule has 1 aliphatic rings. The van der Waals surface area contributed by atoms with E-state index >= 15 is 0 Å². The average Bonchev–Trinajstić information content (AvgIpc) is 3.47. The molecule has 0 bridgehead atoms. The summed E-state index contributed by atoms with van der Waals surface area (Å²) in [7, 11) is 0. The smallest absolute Gasteiger partial charge is 0.407 e. The molecule has 180 valence electrons. The largest absolute Gasteiger partial charge is 0.507 e. The quantitative estimate of drug-likeness (QED) is 0.311. The Morgan fingerprint density at radius 1 is 1.23 bits per heavy atom. The Morgan fingerprint density at radius 3 is 2.89 bits per heavy atom. The molecule has 9 heteroatoms. The highest BCUT2D eigenvalue weighted by atomic mass is 16.6. The van der Waals surface area contributed by atoms with Crippen LogP contribution >= 0.6 is 0 Å². The summed E-state index contributed by atoms with van der Waals surface area (Å²) >= 11 is 0. The first-order valence-electron chi connectivity index (χ1n) is 11.5. The van der Waals surface area contributed by atoms with E-state index in [9.17, 15) is 14.7 Å². The number of rotatable bonds is 6. The minimum atomic E-state index is -0.377. The van der Waals surface area contributed by atoms with Crippen molar-refractivity contribution in [2.75, 3.05) is 5.32 Å². The van der Waals surface area contributed by atoms with Gasteiger partial charge in [-0.25, -0.2) is 9.78 Å². The summed E-state index contributed by atoms with van der Waals surface area (Å²) in [6.45, 7) is 3.79. The monoisotopic (exact) mass is 473 g/mol. The van der Waals surface area contributed by atoms with E-state index in [1.54, 1.807) is 30.5 Å². The Kier molecular flexibility index (Phi) is 7.31. The van der Waals surface area contributed by atoms with Crippen molar-refractivity contribution in [3.05, 3.63) is 65.0 Å².